The zero-order valence-corrected chi connectivity index (χ0v) is 9.15. The van der Waals surface area contributed by atoms with Crippen molar-refractivity contribution >= 4 is 11.3 Å². The van der Waals surface area contributed by atoms with Crippen molar-refractivity contribution in [3.05, 3.63) is 34.0 Å². The number of aryl methyl sites for hydroxylation is 1. The van der Waals surface area contributed by atoms with E-state index in [1.54, 1.807) is 0 Å². The zero-order chi connectivity index (χ0) is 11.1. The van der Waals surface area contributed by atoms with Crippen LogP contribution in [0.25, 0.3) is 0 Å². The molecule has 1 atom stereocenters. The highest BCUT2D eigenvalue weighted by Gasteiger charge is 2.38. The lowest BCUT2D eigenvalue weighted by Crippen LogP contribution is -2.31. The number of halogens is 2. The Bertz CT molecular complexity index is 397. The molecule has 0 saturated heterocycles. The second-order valence-corrected chi connectivity index (χ2v) is 5.08. The van der Waals surface area contributed by atoms with Gasteiger partial charge in [-0.25, -0.2) is 8.78 Å². The van der Waals surface area contributed by atoms with Gasteiger partial charge in [0, 0.05) is 11.3 Å². The van der Waals surface area contributed by atoms with Crippen molar-refractivity contribution in [2.45, 2.75) is 31.3 Å². The topological polar surface area (TPSA) is 20.2 Å². The average molecular weight is 230 g/mol. The summed E-state index contributed by atoms with van der Waals surface area (Å²) in [5.41, 5.74) is -0.483. The standard InChI is InChI=1S/C11H12F2OS/c1-8-6-9(7-15-8)10(14)2-4-11(12,13)5-3-10/h2,4,6-7,14H,3,5H2,1H3. The highest BCUT2D eigenvalue weighted by molar-refractivity contribution is 7.10. The molecule has 1 aromatic heterocycles. The Kier molecular flexibility index (Phi) is 2.43. The fourth-order valence-electron chi connectivity index (χ4n) is 1.69. The van der Waals surface area contributed by atoms with Crippen LogP contribution in [-0.2, 0) is 5.60 Å². The largest absolute Gasteiger partial charge is 0.381 e. The van der Waals surface area contributed by atoms with E-state index in [2.05, 4.69) is 0 Å². The zero-order valence-electron chi connectivity index (χ0n) is 8.34. The van der Waals surface area contributed by atoms with Crippen molar-refractivity contribution in [2.75, 3.05) is 0 Å². The van der Waals surface area contributed by atoms with Gasteiger partial charge in [0.15, 0.2) is 0 Å². The molecule has 0 aliphatic heterocycles. The molecule has 1 nitrogen and oxygen atoms in total. The molecule has 1 aliphatic carbocycles. The molecule has 0 saturated carbocycles. The van der Waals surface area contributed by atoms with Gasteiger partial charge in [-0.2, -0.15) is 0 Å². The van der Waals surface area contributed by atoms with Crippen LogP contribution in [0.4, 0.5) is 8.78 Å². The Morgan fingerprint density at radius 3 is 2.53 bits per heavy atom. The van der Waals surface area contributed by atoms with E-state index in [-0.39, 0.29) is 12.8 Å². The maximum Gasteiger partial charge on any atom is 0.266 e. The van der Waals surface area contributed by atoms with E-state index >= 15 is 0 Å². The van der Waals surface area contributed by atoms with Crippen LogP contribution in [0, 0.1) is 6.92 Å². The van der Waals surface area contributed by atoms with Crippen molar-refractivity contribution in [1.29, 1.82) is 0 Å². The molecule has 0 aromatic carbocycles. The minimum Gasteiger partial charge on any atom is -0.381 e. The molecule has 15 heavy (non-hydrogen) atoms. The van der Waals surface area contributed by atoms with Crippen LogP contribution in [0.15, 0.2) is 23.6 Å². The number of alkyl halides is 2. The highest BCUT2D eigenvalue weighted by atomic mass is 32.1. The fourth-order valence-corrected chi connectivity index (χ4v) is 2.47. The normalized spacial score (nSPS) is 29.3. The first-order valence-electron chi connectivity index (χ1n) is 4.78. The molecule has 1 unspecified atom stereocenters. The number of hydrogen-bond donors (Lipinski definition) is 1. The monoisotopic (exact) mass is 230 g/mol. The van der Waals surface area contributed by atoms with Gasteiger partial charge in [-0.1, -0.05) is 0 Å². The molecule has 1 aliphatic rings. The Balaban J connectivity index is 2.30. The SMILES string of the molecule is Cc1cc(C2(O)C=CC(F)(F)CC2)cs1. The maximum atomic E-state index is 12.9. The van der Waals surface area contributed by atoms with Crippen molar-refractivity contribution < 1.29 is 13.9 Å². The number of thiophene rings is 1. The van der Waals surface area contributed by atoms with Crippen molar-refractivity contribution in [3.63, 3.8) is 0 Å². The number of allylic oxidation sites excluding steroid dienone is 1. The van der Waals surface area contributed by atoms with Crippen LogP contribution in [-0.4, -0.2) is 11.0 Å². The Morgan fingerprint density at radius 2 is 2.07 bits per heavy atom. The van der Waals surface area contributed by atoms with Gasteiger partial charge < -0.3 is 5.11 Å². The molecule has 0 amide bonds. The van der Waals surface area contributed by atoms with E-state index in [1.807, 2.05) is 18.4 Å². The van der Waals surface area contributed by atoms with Gasteiger partial charge in [0.1, 0.15) is 5.60 Å². The number of hydrogen-bond acceptors (Lipinski definition) is 2. The van der Waals surface area contributed by atoms with Crippen LogP contribution < -0.4 is 0 Å². The van der Waals surface area contributed by atoms with Gasteiger partial charge in [-0.3, -0.25) is 0 Å². The van der Waals surface area contributed by atoms with E-state index in [1.165, 1.54) is 17.4 Å². The third-order valence-corrected chi connectivity index (χ3v) is 3.53. The van der Waals surface area contributed by atoms with Gasteiger partial charge in [-0.05, 0) is 42.5 Å². The third-order valence-electron chi connectivity index (χ3n) is 2.67. The van der Waals surface area contributed by atoms with Crippen LogP contribution in [0.1, 0.15) is 23.3 Å². The van der Waals surface area contributed by atoms with Crippen molar-refractivity contribution in [3.8, 4) is 0 Å². The summed E-state index contributed by atoms with van der Waals surface area (Å²) in [5.74, 6) is -2.77. The summed E-state index contributed by atoms with van der Waals surface area (Å²) in [6.45, 7) is 1.93. The van der Waals surface area contributed by atoms with Crippen LogP contribution >= 0.6 is 11.3 Å². The summed E-state index contributed by atoms with van der Waals surface area (Å²) in [4.78, 5) is 1.07. The summed E-state index contributed by atoms with van der Waals surface area (Å²) in [6.07, 6.45) is 1.81. The minimum atomic E-state index is -2.77. The summed E-state index contributed by atoms with van der Waals surface area (Å²) in [5, 5.41) is 12.0. The van der Waals surface area contributed by atoms with E-state index in [4.69, 9.17) is 0 Å². The molecule has 1 heterocycles. The van der Waals surface area contributed by atoms with E-state index < -0.39 is 11.5 Å². The maximum absolute atomic E-state index is 12.9. The third kappa shape index (κ3) is 2.11. The molecule has 0 spiro atoms. The van der Waals surface area contributed by atoms with Gasteiger partial charge in [0.2, 0.25) is 0 Å². The summed E-state index contributed by atoms with van der Waals surface area (Å²) in [6, 6.07) is 1.85. The lowest BCUT2D eigenvalue weighted by atomic mass is 9.85. The molecule has 1 aromatic rings. The number of rotatable bonds is 1. The summed E-state index contributed by atoms with van der Waals surface area (Å²) in [7, 11) is 0. The van der Waals surface area contributed by atoms with Crippen LogP contribution in [0.3, 0.4) is 0 Å². The van der Waals surface area contributed by atoms with Crippen LogP contribution in [0.2, 0.25) is 0 Å². The second-order valence-electron chi connectivity index (χ2n) is 3.96. The Labute approximate surface area is 91.1 Å². The molecule has 0 radical (unpaired) electrons. The fraction of sp³-hybridized carbons (Fsp3) is 0.455. The molecule has 0 bridgehead atoms. The molecular weight excluding hydrogens is 218 g/mol. The van der Waals surface area contributed by atoms with Crippen LogP contribution in [0.5, 0.6) is 0 Å². The molecule has 82 valence electrons. The summed E-state index contributed by atoms with van der Waals surface area (Å²) < 4.78 is 25.7. The van der Waals surface area contributed by atoms with Gasteiger partial charge >= 0.3 is 0 Å². The smallest absolute Gasteiger partial charge is 0.266 e. The predicted octanol–water partition coefficient (Wildman–Crippen LogP) is 3.23. The molecule has 1 N–H and O–H groups in total. The number of aliphatic hydroxyl groups is 1. The first-order valence-corrected chi connectivity index (χ1v) is 5.65. The quantitative estimate of drug-likeness (QED) is 0.734. The predicted molar refractivity (Wildman–Crippen MR) is 56.3 cm³/mol. The summed E-state index contributed by atoms with van der Waals surface area (Å²) >= 11 is 1.52. The minimum absolute atomic E-state index is 0.0761. The van der Waals surface area contributed by atoms with E-state index in [0.29, 0.717) is 0 Å². The van der Waals surface area contributed by atoms with Gasteiger partial charge in [0.05, 0.1) is 0 Å². The van der Waals surface area contributed by atoms with Crippen molar-refractivity contribution in [2.24, 2.45) is 0 Å². The highest BCUT2D eigenvalue weighted by Crippen LogP contribution is 2.39. The van der Waals surface area contributed by atoms with E-state index in [9.17, 15) is 13.9 Å². The first-order chi connectivity index (χ1) is 6.91. The van der Waals surface area contributed by atoms with E-state index in [0.717, 1.165) is 16.5 Å². The lowest BCUT2D eigenvalue weighted by molar-refractivity contribution is -0.0135. The Hall–Kier alpha value is -0.740. The molecular formula is C11H12F2OS. The van der Waals surface area contributed by atoms with Gasteiger partial charge in [-0.15, -0.1) is 11.3 Å². The van der Waals surface area contributed by atoms with Crippen molar-refractivity contribution in [1.82, 2.24) is 0 Å². The average Bonchev–Trinajstić information content (AvgIpc) is 2.59. The second kappa shape index (κ2) is 3.39. The first kappa shape index (κ1) is 10.8. The molecule has 2 rings (SSSR count). The van der Waals surface area contributed by atoms with Gasteiger partial charge in [0.25, 0.3) is 5.92 Å². The molecule has 0 fully saturated rings. The lowest BCUT2D eigenvalue weighted by Gasteiger charge is -2.30. The molecule has 4 heteroatoms. The Morgan fingerprint density at radius 1 is 1.33 bits per heavy atom.